The number of hydroxylamine groups is 2. The van der Waals surface area contributed by atoms with Gasteiger partial charge in [-0.15, -0.1) is 0 Å². The number of carbonyl (C=O) groups excluding carboxylic acids is 1. The molecule has 7 nitrogen and oxygen atoms in total. The highest BCUT2D eigenvalue weighted by molar-refractivity contribution is 5.88. The number of hydrogen-bond acceptors (Lipinski definition) is 6. The molecule has 3 rings (SSSR count). The van der Waals surface area contributed by atoms with Crippen molar-refractivity contribution in [2.24, 2.45) is 0 Å². The third-order valence-corrected chi connectivity index (χ3v) is 4.65. The lowest BCUT2D eigenvalue weighted by Gasteiger charge is -2.50. The second-order valence-corrected chi connectivity index (χ2v) is 7.77. The average molecular weight is 344 g/mol. The summed E-state index contributed by atoms with van der Waals surface area (Å²) in [5.41, 5.74) is 0.918. The molecular formula is C18H24N4O3. The quantitative estimate of drug-likeness (QED) is 0.832. The van der Waals surface area contributed by atoms with E-state index >= 15 is 0 Å². The van der Waals surface area contributed by atoms with Crippen LogP contribution in [-0.4, -0.2) is 48.6 Å². The summed E-state index contributed by atoms with van der Waals surface area (Å²) < 4.78 is 5.69. The molecule has 3 heterocycles. The largest absolute Gasteiger partial charge is 0.458 e. The Labute approximate surface area is 147 Å². The van der Waals surface area contributed by atoms with Crippen molar-refractivity contribution in [1.29, 1.82) is 0 Å². The van der Waals surface area contributed by atoms with Crippen molar-refractivity contribution in [2.75, 3.05) is 0 Å². The lowest BCUT2D eigenvalue weighted by molar-refractivity contribution is -0.256. The number of aromatic amines is 1. The Morgan fingerprint density at radius 2 is 1.84 bits per heavy atom. The second-order valence-electron chi connectivity index (χ2n) is 7.77. The minimum Gasteiger partial charge on any atom is -0.458 e. The predicted molar refractivity (Wildman–Crippen MR) is 92.0 cm³/mol. The van der Waals surface area contributed by atoms with E-state index in [1.54, 1.807) is 18.5 Å². The number of pyridine rings is 1. The molecule has 0 bridgehead atoms. The van der Waals surface area contributed by atoms with Crippen molar-refractivity contribution in [3.63, 3.8) is 0 Å². The first-order valence-corrected chi connectivity index (χ1v) is 8.35. The first-order chi connectivity index (χ1) is 11.7. The SMILES string of the molecule is CC1(C)CC(OC(=O)c2cc(-c3ccncc3)n[nH]2)CC(C)(C)N1O. The van der Waals surface area contributed by atoms with E-state index in [1.165, 1.54) is 5.06 Å². The number of piperidine rings is 1. The molecular weight excluding hydrogens is 320 g/mol. The van der Waals surface area contributed by atoms with Crippen molar-refractivity contribution in [3.05, 3.63) is 36.3 Å². The van der Waals surface area contributed by atoms with Gasteiger partial charge in [0.15, 0.2) is 0 Å². The normalized spacial score (nSPS) is 20.4. The molecule has 0 spiro atoms. The number of aromatic nitrogens is 3. The third-order valence-electron chi connectivity index (χ3n) is 4.65. The van der Waals surface area contributed by atoms with Crippen LogP contribution in [-0.2, 0) is 4.74 Å². The van der Waals surface area contributed by atoms with Crippen LogP contribution in [0.2, 0.25) is 0 Å². The highest BCUT2D eigenvalue weighted by Crippen LogP contribution is 2.38. The molecule has 2 N–H and O–H groups in total. The summed E-state index contributed by atoms with van der Waals surface area (Å²) >= 11 is 0. The number of H-pyrrole nitrogens is 1. The third kappa shape index (κ3) is 3.57. The minimum atomic E-state index is -0.469. The first-order valence-electron chi connectivity index (χ1n) is 8.35. The van der Waals surface area contributed by atoms with Crippen LogP contribution in [0.5, 0.6) is 0 Å². The van der Waals surface area contributed by atoms with E-state index in [4.69, 9.17) is 4.74 Å². The van der Waals surface area contributed by atoms with Gasteiger partial charge in [0.1, 0.15) is 11.8 Å². The van der Waals surface area contributed by atoms with E-state index in [1.807, 2.05) is 39.8 Å². The van der Waals surface area contributed by atoms with Crippen LogP contribution in [0, 0.1) is 0 Å². The number of hydrogen-bond donors (Lipinski definition) is 2. The summed E-state index contributed by atoms with van der Waals surface area (Å²) in [6.07, 6.45) is 4.20. The molecule has 1 aliphatic heterocycles. The summed E-state index contributed by atoms with van der Waals surface area (Å²) in [7, 11) is 0. The van der Waals surface area contributed by atoms with Crippen molar-refractivity contribution < 1.29 is 14.7 Å². The van der Waals surface area contributed by atoms with Gasteiger partial charge in [-0.1, -0.05) is 0 Å². The molecule has 0 atom stereocenters. The van der Waals surface area contributed by atoms with Gasteiger partial charge in [-0.2, -0.15) is 10.2 Å². The molecule has 134 valence electrons. The molecule has 1 fully saturated rings. The van der Waals surface area contributed by atoms with Gasteiger partial charge < -0.3 is 9.94 Å². The van der Waals surface area contributed by atoms with Crippen LogP contribution < -0.4 is 0 Å². The molecule has 0 unspecified atom stereocenters. The molecule has 1 aliphatic rings. The maximum atomic E-state index is 12.5. The lowest BCUT2D eigenvalue weighted by Crippen LogP contribution is -2.60. The van der Waals surface area contributed by atoms with E-state index in [2.05, 4.69) is 15.2 Å². The monoisotopic (exact) mass is 344 g/mol. The molecule has 25 heavy (non-hydrogen) atoms. The number of nitrogens with zero attached hydrogens (tertiary/aromatic N) is 3. The second kappa shape index (κ2) is 6.24. The smallest absolute Gasteiger partial charge is 0.356 e. The Morgan fingerprint density at radius 1 is 1.24 bits per heavy atom. The van der Waals surface area contributed by atoms with Gasteiger partial charge in [0.05, 0.1) is 5.69 Å². The average Bonchev–Trinajstić information content (AvgIpc) is 3.03. The molecule has 0 aliphatic carbocycles. The van der Waals surface area contributed by atoms with Crippen molar-refractivity contribution in [2.45, 2.75) is 57.7 Å². The summed E-state index contributed by atoms with van der Waals surface area (Å²) in [5.74, 6) is -0.434. The van der Waals surface area contributed by atoms with Gasteiger partial charge in [-0.25, -0.2) is 4.79 Å². The van der Waals surface area contributed by atoms with Crippen LogP contribution in [0.4, 0.5) is 0 Å². The summed E-state index contributed by atoms with van der Waals surface area (Å²) in [4.78, 5) is 16.4. The Hall–Kier alpha value is -2.25. The summed E-state index contributed by atoms with van der Waals surface area (Å²) in [5, 5.41) is 18.6. The van der Waals surface area contributed by atoms with Gasteiger partial charge in [0, 0.05) is 41.9 Å². The van der Waals surface area contributed by atoms with E-state index in [-0.39, 0.29) is 6.10 Å². The fourth-order valence-corrected chi connectivity index (χ4v) is 3.57. The van der Waals surface area contributed by atoms with Crippen molar-refractivity contribution in [1.82, 2.24) is 20.2 Å². The maximum Gasteiger partial charge on any atom is 0.356 e. The predicted octanol–water partition coefficient (Wildman–Crippen LogP) is 3.04. The minimum absolute atomic E-state index is 0.270. The molecule has 0 radical (unpaired) electrons. The Kier molecular flexibility index (Phi) is 4.38. The number of ether oxygens (including phenoxy) is 1. The zero-order valence-electron chi connectivity index (χ0n) is 15.0. The van der Waals surface area contributed by atoms with Crippen LogP contribution in [0.1, 0.15) is 51.0 Å². The zero-order chi connectivity index (χ0) is 18.2. The number of esters is 1. The van der Waals surface area contributed by atoms with E-state index < -0.39 is 17.0 Å². The first kappa shape index (κ1) is 17.6. The van der Waals surface area contributed by atoms with Gasteiger partial charge in [0.25, 0.3) is 0 Å². The Balaban J connectivity index is 1.72. The molecule has 2 aromatic heterocycles. The number of carbonyl (C=O) groups is 1. The number of nitrogens with one attached hydrogen (secondary N) is 1. The van der Waals surface area contributed by atoms with Crippen LogP contribution in [0.25, 0.3) is 11.3 Å². The van der Waals surface area contributed by atoms with E-state index in [0.29, 0.717) is 24.2 Å². The van der Waals surface area contributed by atoms with Gasteiger partial charge >= 0.3 is 5.97 Å². The maximum absolute atomic E-state index is 12.5. The zero-order valence-corrected chi connectivity index (χ0v) is 15.0. The fraction of sp³-hybridized carbons (Fsp3) is 0.500. The van der Waals surface area contributed by atoms with Gasteiger partial charge in [0.2, 0.25) is 0 Å². The van der Waals surface area contributed by atoms with Gasteiger partial charge in [-0.3, -0.25) is 10.1 Å². The highest BCUT2D eigenvalue weighted by Gasteiger charge is 2.46. The molecule has 0 amide bonds. The van der Waals surface area contributed by atoms with Crippen molar-refractivity contribution in [3.8, 4) is 11.3 Å². The Morgan fingerprint density at radius 3 is 2.44 bits per heavy atom. The molecule has 0 aromatic carbocycles. The summed E-state index contributed by atoms with van der Waals surface area (Å²) in [6.45, 7) is 7.75. The lowest BCUT2D eigenvalue weighted by atomic mass is 9.80. The van der Waals surface area contributed by atoms with Crippen LogP contribution in [0.3, 0.4) is 0 Å². The van der Waals surface area contributed by atoms with E-state index in [9.17, 15) is 10.0 Å². The molecule has 2 aromatic rings. The Bertz CT molecular complexity index is 737. The highest BCUT2D eigenvalue weighted by atomic mass is 16.5. The van der Waals surface area contributed by atoms with E-state index in [0.717, 1.165) is 5.56 Å². The van der Waals surface area contributed by atoms with Crippen molar-refractivity contribution >= 4 is 5.97 Å². The summed E-state index contributed by atoms with van der Waals surface area (Å²) in [6, 6.07) is 5.33. The molecule has 1 saturated heterocycles. The molecule has 0 saturated carbocycles. The van der Waals surface area contributed by atoms with Crippen LogP contribution in [0.15, 0.2) is 30.6 Å². The standard InChI is InChI=1S/C18H24N4O3/c1-17(2)10-13(11-18(3,4)22(17)24)25-16(23)15-9-14(20-21-15)12-5-7-19-8-6-12/h5-9,13,24H,10-11H2,1-4H3,(H,20,21). The number of rotatable bonds is 3. The van der Waals surface area contributed by atoms with Gasteiger partial charge in [-0.05, 0) is 45.9 Å². The topological polar surface area (TPSA) is 91.3 Å². The molecule has 7 heteroatoms. The fourth-order valence-electron chi connectivity index (χ4n) is 3.57. The van der Waals surface area contributed by atoms with Crippen LogP contribution >= 0.6 is 0 Å².